The molecule has 2 atom stereocenters. The maximum absolute atomic E-state index is 13.3. The minimum absolute atomic E-state index is 0.0309. The van der Waals surface area contributed by atoms with E-state index in [0.29, 0.717) is 18.4 Å². The van der Waals surface area contributed by atoms with E-state index in [4.69, 9.17) is 4.74 Å². The molecule has 3 aromatic rings. The summed E-state index contributed by atoms with van der Waals surface area (Å²) >= 11 is 0. The number of aliphatic hydroxyl groups is 1. The van der Waals surface area contributed by atoms with Crippen LogP contribution >= 0.6 is 0 Å². The van der Waals surface area contributed by atoms with Crippen LogP contribution < -0.4 is 0 Å². The summed E-state index contributed by atoms with van der Waals surface area (Å²) in [6.07, 6.45) is -2.53. The van der Waals surface area contributed by atoms with E-state index >= 15 is 0 Å². The first-order valence-corrected chi connectivity index (χ1v) is 12.7. The van der Waals surface area contributed by atoms with Crippen molar-refractivity contribution in [3.63, 3.8) is 0 Å². The third-order valence-electron chi connectivity index (χ3n) is 8.19. The average molecular weight is 508 g/mol. The summed E-state index contributed by atoms with van der Waals surface area (Å²) in [5.74, 6) is -0.0309. The molecule has 2 aliphatic heterocycles. The zero-order chi connectivity index (χ0) is 25.8. The summed E-state index contributed by atoms with van der Waals surface area (Å²) in [5.41, 5.74) is 3.20. The quantitative estimate of drug-likeness (QED) is 0.435. The first-order chi connectivity index (χ1) is 17.7. The molecule has 7 heteroatoms. The maximum Gasteiger partial charge on any atom is 0.416 e. The minimum Gasteiger partial charge on any atom is -0.448 e. The van der Waals surface area contributed by atoms with Gasteiger partial charge in [0, 0.05) is 24.4 Å². The molecule has 2 saturated heterocycles. The van der Waals surface area contributed by atoms with Gasteiger partial charge in [-0.15, -0.1) is 0 Å². The SMILES string of the molecule is O=C(OCC1c2ccccc2-c2ccccc21)N1C2CCC1CC(O)(Cc1cccc(C(F)(F)F)c1)C2. The van der Waals surface area contributed by atoms with Crippen LogP contribution in [0.25, 0.3) is 11.1 Å². The Bertz CT molecular complexity index is 1280. The highest BCUT2D eigenvalue weighted by Crippen LogP contribution is 2.46. The van der Waals surface area contributed by atoms with Crippen molar-refractivity contribution in [2.75, 3.05) is 6.61 Å². The minimum atomic E-state index is -4.43. The van der Waals surface area contributed by atoms with Crippen LogP contribution in [0, 0.1) is 0 Å². The summed E-state index contributed by atoms with van der Waals surface area (Å²) in [7, 11) is 0. The van der Waals surface area contributed by atoms with Gasteiger partial charge in [-0.3, -0.25) is 0 Å². The molecule has 37 heavy (non-hydrogen) atoms. The molecule has 1 N–H and O–H groups in total. The molecule has 0 saturated carbocycles. The van der Waals surface area contributed by atoms with E-state index < -0.39 is 17.3 Å². The second-order valence-corrected chi connectivity index (χ2v) is 10.6. The molecule has 0 radical (unpaired) electrons. The first-order valence-electron chi connectivity index (χ1n) is 12.7. The van der Waals surface area contributed by atoms with Gasteiger partial charge in [0.05, 0.1) is 11.2 Å². The van der Waals surface area contributed by atoms with E-state index in [1.807, 2.05) is 24.3 Å². The normalized spacial score (nSPS) is 24.6. The molecule has 192 valence electrons. The van der Waals surface area contributed by atoms with Gasteiger partial charge in [0.2, 0.25) is 0 Å². The number of carbonyl (C=O) groups excluding carboxylic acids is 1. The number of benzene rings is 3. The highest BCUT2D eigenvalue weighted by Gasteiger charge is 2.50. The van der Waals surface area contributed by atoms with E-state index in [-0.39, 0.29) is 37.1 Å². The highest BCUT2D eigenvalue weighted by atomic mass is 19.4. The summed E-state index contributed by atoms with van der Waals surface area (Å²) in [5, 5.41) is 11.4. The highest BCUT2D eigenvalue weighted by molar-refractivity contribution is 5.79. The lowest BCUT2D eigenvalue weighted by molar-refractivity contribution is -0.137. The van der Waals surface area contributed by atoms with Gasteiger partial charge in [0.15, 0.2) is 0 Å². The molecule has 2 heterocycles. The molecule has 0 aromatic heterocycles. The predicted octanol–water partition coefficient (Wildman–Crippen LogP) is 6.55. The van der Waals surface area contributed by atoms with Crippen molar-refractivity contribution in [3.05, 3.63) is 95.1 Å². The van der Waals surface area contributed by atoms with Crippen molar-refractivity contribution >= 4 is 6.09 Å². The number of rotatable bonds is 4. The molecule has 1 aliphatic carbocycles. The monoisotopic (exact) mass is 507 g/mol. The third kappa shape index (κ3) is 4.39. The van der Waals surface area contributed by atoms with Crippen molar-refractivity contribution in [2.45, 2.75) is 61.9 Å². The van der Waals surface area contributed by atoms with E-state index in [0.717, 1.165) is 47.2 Å². The zero-order valence-electron chi connectivity index (χ0n) is 20.2. The van der Waals surface area contributed by atoms with E-state index in [1.165, 1.54) is 6.07 Å². The smallest absolute Gasteiger partial charge is 0.416 e. The number of piperidine rings is 1. The second kappa shape index (κ2) is 8.91. The van der Waals surface area contributed by atoms with Gasteiger partial charge < -0.3 is 14.7 Å². The van der Waals surface area contributed by atoms with Crippen molar-refractivity contribution in [1.82, 2.24) is 4.90 Å². The molecule has 2 fully saturated rings. The molecule has 2 unspecified atom stereocenters. The van der Waals surface area contributed by atoms with Crippen molar-refractivity contribution in [3.8, 4) is 11.1 Å². The van der Waals surface area contributed by atoms with Crippen LogP contribution in [-0.2, 0) is 17.3 Å². The first kappa shape index (κ1) is 24.0. The van der Waals surface area contributed by atoms with Gasteiger partial charge in [-0.1, -0.05) is 66.7 Å². The number of carbonyl (C=O) groups is 1. The molecule has 6 rings (SSSR count). The summed E-state index contributed by atoms with van der Waals surface area (Å²) in [4.78, 5) is 15.0. The molecule has 1 amide bonds. The molecule has 4 nitrogen and oxygen atoms in total. The number of halogens is 3. The Morgan fingerprint density at radius 3 is 2.11 bits per heavy atom. The Balaban J connectivity index is 1.14. The van der Waals surface area contributed by atoms with Crippen LogP contribution in [0.3, 0.4) is 0 Å². The predicted molar refractivity (Wildman–Crippen MR) is 133 cm³/mol. The summed E-state index contributed by atoms with van der Waals surface area (Å²) < 4.78 is 45.3. The van der Waals surface area contributed by atoms with E-state index in [9.17, 15) is 23.1 Å². The van der Waals surface area contributed by atoms with Crippen LogP contribution in [0.5, 0.6) is 0 Å². The van der Waals surface area contributed by atoms with Crippen molar-refractivity contribution in [1.29, 1.82) is 0 Å². The van der Waals surface area contributed by atoms with Gasteiger partial charge in [-0.2, -0.15) is 13.2 Å². The molecule has 3 aromatic carbocycles. The number of ether oxygens (including phenoxy) is 1. The van der Waals surface area contributed by atoms with Crippen molar-refractivity contribution in [2.24, 2.45) is 0 Å². The van der Waals surface area contributed by atoms with E-state index in [2.05, 4.69) is 24.3 Å². The number of alkyl halides is 3. The zero-order valence-corrected chi connectivity index (χ0v) is 20.2. The van der Waals surface area contributed by atoms with Crippen LogP contribution in [0.15, 0.2) is 72.8 Å². The largest absolute Gasteiger partial charge is 0.448 e. The van der Waals surface area contributed by atoms with Crippen LogP contribution in [-0.4, -0.2) is 40.4 Å². The van der Waals surface area contributed by atoms with Gasteiger partial charge in [0.25, 0.3) is 0 Å². The second-order valence-electron chi connectivity index (χ2n) is 10.6. The fourth-order valence-electron chi connectivity index (χ4n) is 6.67. The average Bonchev–Trinajstić information content (AvgIpc) is 3.34. The van der Waals surface area contributed by atoms with E-state index in [1.54, 1.807) is 11.0 Å². The molecular formula is C30H28F3NO3. The Kier molecular flexibility index (Phi) is 5.79. The van der Waals surface area contributed by atoms with Crippen LogP contribution in [0.4, 0.5) is 18.0 Å². The Labute approximate surface area is 213 Å². The number of hydrogen-bond donors (Lipinski definition) is 1. The molecule has 0 spiro atoms. The van der Waals surface area contributed by atoms with Gasteiger partial charge in [0.1, 0.15) is 6.61 Å². The lowest BCUT2D eigenvalue weighted by Gasteiger charge is -2.43. The van der Waals surface area contributed by atoms with Crippen LogP contribution in [0.2, 0.25) is 0 Å². The summed E-state index contributed by atoms with van der Waals surface area (Å²) in [6, 6.07) is 21.1. The molecular weight excluding hydrogens is 479 g/mol. The fraction of sp³-hybridized carbons (Fsp3) is 0.367. The number of amides is 1. The van der Waals surface area contributed by atoms with Gasteiger partial charge in [-0.05, 0) is 59.6 Å². The topological polar surface area (TPSA) is 49.8 Å². The van der Waals surface area contributed by atoms with Crippen LogP contribution in [0.1, 0.15) is 53.9 Å². The fourth-order valence-corrected chi connectivity index (χ4v) is 6.67. The molecule has 2 bridgehead atoms. The lowest BCUT2D eigenvalue weighted by atomic mass is 9.81. The number of hydrogen-bond acceptors (Lipinski definition) is 3. The Hall–Kier alpha value is -3.32. The third-order valence-corrected chi connectivity index (χ3v) is 8.19. The number of fused-ring (bicyclic) bond motifs is 5. The Morgan fingerprint density at radius 2 is 1.51 bits per heavy atom. The lowest BCUT2D eigenvalue weighted by Crippen LogP contribution is -2.54. The Morgan fingerprint density at radius 1 is 0.919 bits per heavy atom. The molecule has 3 aliphatic rings. The van der Waals surface area contributed by atoms with Gasteiger partial charge >= 0.3 is 12.3 Å². The summed E-state index contributed by atoms with van der Waals surface area (Å²) in [6.45, 7) is 0.233. The van der Waals surface area contributed by atoms with Gasteiger partial charge in [-0.25, -0.2) is 4.79 Å². The maximum atomic E-state index is 13.3. The standard InChI is InChI=1S/C30H28F3NO3/c31-30(32,33)20-7-5-6-19(14-20)15-29(36)16-21-12-13-22(17-29)34(21)28(35)37-18-27-25-10-3-1-8-23(25)24-9-2-4-11-26(24)27/h1-11,14,21-22,27,36H,12-13,15-18H2. The number of nitrogens with zero attached hydrogens (tertiary/aromatic N) is 1. The van der Waals surface area contributed by atoms with Crippen molar-refractivity contribution < 1.29 is 27.8 Å².